The lowest BCUT2D eigenvalue weighted by molar-refractivity contribution is -0.117. The largest absolute Gasteiger partial charge is 0.358 e. The monoisotopic (exact) mass is 322 g/mol. The van der Waals surface area contributed by atoms with Gasteiger partial charge in [0.2, 0.25) is 5.91 Å². The Hall–Kier alpha value is -2.89. The van der Waals surface area contributed by atoms with Gasteiger partial charge >= 0.3 is 0 Å². The highest BCUT2D eigenvalue weighted by molar-refractivity contribution is 6.06. The van der Waals surface area contributed by atoms with Crippen molar-refractivity contribution in [2.75, 3.05) is 16.8 Å². The van der Waals surface area contributed by atoms with Crippen LogP contribution in [-0.2, 0) is 11.3 Å². The first-order chi connectivity index (χ1) is 11.7. The summed E-state index contributed by atoms with van der Waals surface area (Å²) in [6.07, 6.45) is 3.60. The van der Waals surface area contributed by atoms with Crippen molar-refractivity contribution in [1.29, 1.82) is 0 Å². The summed E-state index contributed by atoms with van der Waals surface area (Å²) in [5.41, 5.74) is 3.04. The zero-order valence-electron chi connectivity index (χ0n) is 13.2. The minimum Gasteiger partial charge on any atom is -0.358 e. The van der Waals surface area contributed by atoms with Crippen molar-refractivity contribution in [3.8, 4) is 0 Å². The average molecular weight is 322 g/mol. The van der Waals surface area contributed by atoms with E-state index in [4.69, 9.17) is 0 Å². The maximum Gasteiger partial charge on any atom is 0.251 e. The minimum atomic E-state index is -0.179. The Morgan fingerprint density at radius 1 is 1.33 bits per heavy atom. The topological polar surface area (TPSA) is 74.3 Å². The Bertz CT molecular complexity index is 791. The van der Waals surface area contributed by atoms with Crippen molar-refractivity contribution >= 4 is 23.2 Å². The van der Waals surface area contributed by atoms with E-state index in [0.717, 1.165) is 30.8 Å². The standard InChI is InChI=1S/C18H18N4O2/c23-17(20-11-13-4-1-2-8-19-13)12-6-7-15-14(10-12)21-18(24)16-5-3-9-22(15)16/h1-2,4,6-8,10,16H,3,5,9,11H2,(H,20,23)(H,21,24)/t16-/m0/s1. The number of pyridine rings is 1. The van der Waals surface area contributed by atoms with Crippen LogP contribution in [0.1, 0.15) is 28.9 Å². The quantitative estimate of drug-likeness (QED) is 0.905. The second-order valence-electron chi connectivity index (χ2n) is 6.08. The van der Waals surface area contributed by atoms with E-state index in [1.54, 1.807) is 18.3 Å². The molecule has 2 aliphatic heterocycles. The Morgan fingerprint density at radius 3 is 3.08 bits per heavy atom. The van der Waals surface area contributed by atoms with Crippen molar-refractivity contribution in [2.24, 2.45) is 0 Å². The number of amides is 2. The lowest BCUT2D eigenvalue weighted by atomic mass is 10.1. The Balaban J connectivity index is 1.52. The molecule has 1 saturated heterocycles. The van der Waals surface area contributed by atoms with Crippen LogP contribution < -0.4 is 15.5 Å². The first-order valence-electron chi connectivity index (χ1n) is 8.12. The third kappa shape index (κ3) is 2.60. The van der Waals surface area contributed by atoms with Gasteiger partial charge in [-0.05, 0) is 43.2 Å². The van der Waals surface area contributed by atoms with Crippen molar-refractivity contribution in [3.63, 3.8) is 0 Å². The maximum atomic E-state index is 12.3. The molecule has 1 aromatic carbocycles. The van der Waals surface area contributed by atoms with Gasteiger partial charge in [-0.1, -0.05) is 6.07 Å². The molecule has 0 aliphatic carbocycles. The molecule has 1 aromatic heterocycles. The molecule has 2 amide bonds. The van der Waals surface area contributed by atoms with Gasteiger partial charge in [0.1, 0.15) is 6.04 Å². The number of hydrogen-bond donors (Lipinski definition) is 2. The van der Waals surface area contributed by atoms with Gasteiger partial charge in [-0.3, -0.25) is 14.6 Å². The molecule has 6 nitrogen and oxygen atoms in total. The number of hydrogen-bond acceptors (Lipinski definition) is 4. The van der Waals surface area contributed by atoms with Crippen LogP contribution in [0, 0.1) is 0 Å². The first kappa shape index (κ1) is 14.7. The molecule has 0 unspecified atom stereocenters. The molecule has 0 spiro atoms. The van der Waals surface area contributed by atoms with E-state index in [1.807, 2.05) is 24.3 Å². The van der Waals surface area contributed by atoms with Crippen LogP contribution in [0.4, 0.5) is 11.4 Å². The van der Waals surface area contributed by atoms with Gasteiger partial charge in [-0.2, -0.15) is 0 Å². The second-order valence-corrected chi connectivity index (χ2v) is 6.08. The van der Waals surface area contributed by atoms with E-state index in [0.29, 0.717) is 17.8 Å². The number of benzene rings is 1. The zero-order chi connectivity index (χ0) is 16.5. The Labute approximate surface area is 139 Å². The van der Waals surface area contributed by atoms with Crippen LogP contribution in [-0.4, -0.2) is 29.4 Å². The molecule has 6 heteroatoms. The van der Waals surface area contributed by atoms with Crippen LogP contribution in [0.25, 0.3) is 0 Å². The smallest absolute Gasteiger partial charge is 0.251 e. The summed E-state index contributed by atoms with van der Waals surface area (Å²) in [6, 6.07) is 11.0. The van der Waals surface area contributed by atoms with Gasteiger partial charge in [0.25, 0.3) is 5.91 Å². The molecule has 1 fully saturated rings. The molecule has 24 heavy (non-hydrogen) atoms. The molecular weight excluding hydrogens is 304 g/mol. The van der Waals surface area contributed by atoms with Crippen LogP contribution in [0.5, 0.6) is 0 Å². The summed E-state index contributed by atoms with van der Waals surface area (Å²) in [5.74, 6) is -0.160. The number of anilines is 2. The Kier molecular flexibility index (Phi) is 3.65. The fourth-order valence-electron chi connectivity index (χ4n) is 3.35. The summed E-state index contributed by atoms with van der Waals surface area (Å²) in [5, 5.41) is 5.78. The number of carbonyl (C=O) groups is 2. The van der Waals surface area contributed by atoms with Gasteiger partial charge in [-0.15, -0.1) is 0 Å². The van der Waals surface area contributed by atoms with Gasteiger partial charge < -0.3 is 15.5 Å². The fourth-order valence-corrected chi connectivity index (χ4v) is 3.35. The molecule has 122 valence electrons. The van der Waals surface area contributed by atoms with E-state index in [9.17, 15) is 9.59 Å². The van der Waals surface area contributed by atoms with E-state index in [2.05, 4.69) is 20.5 Å². The predicted molar refractivity (Wildman–Crippen MR) is 90.8 cm³/mol. The van der Waals surface area contributed by atoms with Crippen LogP contribution in [0.3, 0.4) is 0 Å². The molecular formula is C18H18N4O2. The van der Waals surface area contributed by atoms with Crippen molar-refractivity contribution in [3.05, 3.63) is 53.9 Å². The third-order valence-electron chi connectivity index (χ3n) is 4.54. The first-order valence-corrected chi connectivity index (χ1v) is 8.12. The molecule has 0 saturated carbocycles. The molecule has 2 N–H and O–H groups in total. The molecule has 2 aromatic rings. The minimum absolute atomic E-state index is 0.0195. The molecule has 2 aliphatic rings. The molecule has 0 radical (unpaired) electrons. The van der Waals surface area contributed by atoms with Gasteiger partial charge in [0.05, 0.1) is 23.6 Å². The number of rotatable bonds is 3. The van der Waals surface area contributed by atoms with Gasteiger partial charge in [0, 0.05) is 18.3 Å². The van der Waals surface area contributed by atoms with Crippen LogP contribution in [0.2, 0.25) is 0 Å². The van der Waals surface area contributed by atoms with Crippen molar-refractivity contribution < 1.29 is 9.59 Å². The highest BCUT2D eigenvalue weighted by Gasteiger charge is 2.36. The summed E-state index contributed by atoms with van der Waals surface area (Å²) >= 11 is 0. The maximum absolute atomic E-state index is 12.3. The molecule has 3 heterocycles. The summed E-state index contributed by atoms with van der Waals surface area (Å²) < 4.78 is 0. The van der Waals surface area contributed by atoms with Crippen LogP contribution in [0.15, 0.2) is 42.6 Å². The van der Waals surface area contributed by atoms with Gasteiger partial charge in [0.15, 0.2) is 0 Å². The number of carbonyl (C=O) groups excluding carboxylic acids is 2. The highest BCUT2D eigenvalue weighted by Crippen LogP contribution is 2.37. The average Bonchev–Trinajstić information content (AvgIpc) is 3.11. The van der Waals surface area contributed by atoms with Crippen molar-refractivity contribution in [2.45, 2.75) is 25.4 Å². The third-order valence-corrected chi connectivity index (χ3v) is 4.54. The highest BCUT2D eigenvalue weighted by atomic mass is 16.2. The number of nitrogens with zero attached hydrogens (tertiary/aromatic N) is 2. The van der Waals surface area contributed by atoms with E-state index < -0.39 is 0 Å². The molecule has 4 rings (SSSR count). The lowest BCUT2D eigenvalue weighted by Gasteiger charge is -2.33. The number of aromatic nitrogens is 1. The lowest BCUT2D eigenvalue weighted by Crippen LogP contribution is -2.44. The SMILES string of the molecule is O=C(NCc1ccccn1)c1ccc2c(c1)NC(=O)[C@@H]1CCCN21. The van der Waals surface area contributed by atoms with E-state index in [-0.39, 0.29) is 17.9 Å². The summed E-state index contributed by atoms with van der Waals surface area (Å²) in [7, 11) is 0. The number of nitrogens with one attached hydrogen (secondary N) is 2. The Morgan fingerprint density at radius 2 is 2.25 bits per heavy atom. The van der Waals surface area contributed by atoms with Crippen molar-refractivity contribution in [1.82, 2.24) is 10.3 Å². The molecule has 0 bridgehead atoms. The summed E-state index contributed by atoms with van der Waals surface area (Å²) in [6.45, 7) is 1.26. The fraction of sp³-hybridized carbons (Fsp3) is 0.278. The number of fused-ring (bicyclic) bond motifs is 3. The van der Waals surface area contributed by atoms with Crippen LogP contribution >= 0.6 is 0 Å². The summed E-state index contributed by atoms with van der Waals surface area (Å²) in [4.78, 5) is 30.8. The van der Waals surface area contributed by atoms with E-state index in [1.165, 1.54) is 0 Å². The van der Waals surface area contributed by atoms with E-state index >= 15 is 0 Å². The normalized spacial score (nSPS) is 18.6. The zero-order valence-corrected chi connectivity index (χ0v) is 13.2. The molecule has 1 atom stereocenters. The predicted octanol–water partition coefficient (Wildman–Crippen LogP) is 1.93. The van der Waals surface area contributed by atoms with Gasteiger partial charge in [-0.25, -0.2) is 0 Å². The second kappa shape index (κ2) is 5.96.